The molecule has 0 aromatic rings. The van der Waals surface area contributed by atoms with Crippen LogP contribution in [0.4, 0.5) is 0 Å². The molecule has 1 aliphatic heterocycles. The van der Waals surface area contributed by atoms with Gasteiger partial charge < -0.3 is 20.7 Å². The van der Waals surface area contributed by atoms with Gasteiger partial charge in [-0.1, -0.05) is 27.7 Å². The minimum atomic E-state index is -0.723. The number of rotatable bonds is 8. The van der Waals surface area contributed by atoms with Crippen LogP contribution in [0.5, 0.6) is 0 Å². The standard InChI is InChI=1S/C17H31N3O4/c1-10(2)9-13(19-15(21)12-7-6-8-18-12)16(22)20-14(11(3)4)17(23)24-5/h10-14,18H,6-9H2,1-5H3,(H,19,21)(H,20,22). The number of hydrogen-bond donors (Lipinski definition) is 3. The summed E-state index contributed by atoms with van der Waals surface area (Å²) in [6.45, 7) is 8.46. The van der Waals surface area contributed by atoms with E-state index in [0.717, 1.165) is 19.4 Å². The summed E-state index contributed by atoms with van der Waals surface area (Å²) in [6.07, 6.45) is 2.24. The zero-order valence-corrected chi connectivity index (χ0v) is 15.3. The summed E-state index contributed by atoms with van der Waals surface area (Å²) in [5.74, 6) is -0.862. The van der Waals surface area contributed by atoms with E-state index in [1.165, 1.54) is 7.11 Å². The lowest BCUT2D eigenvalue weighted by atomic mass is 10.00. The smallest absolute Gasteiger partial charge is 0.328 e. The van der Waals surface area contributed by atoms with Crippen molar-refractivity contribution in [3.63, 3.8) is 0 Å². The van der Waals surface area contributed by atoms with Crippen molar-refractivity contribution in [1.29, 1.82) is 0 Å². The van der Waals surface area contributed by atoms with Crippen LogP contribution in [0.3, 0.4) is 0 Å². The first kappa shape index (κ1) is 20.4. The minimum Gasteiger partial charge on any atom is -0.467 e. The van der Waals surface area contributed by atoms with Gasteiger partial charge in [-0.25, -0.2) is 4.79 Å². The molecule has 1 rings (SSSR count). The Bertz CT molecular complexity index is 445. The fraction of sp³-hybridized carbons (Fsp3) is 0.824. The molecule has 1 aliphatic rings. The van der Waals surface area contributed by atoms with E-state index in [1.807, 2.05) is 27.7 Å². The summed E-state index contributed by atoms with van der Waals surface area (Å²) in [6, 6.07) is -1.63. The van der Waals surface area contributed by atoms with Gasteiger partial charge in [-0.15, -0.1) is 0 Å². The number of carbonyl (C=O) groups is 3. The SMILES string of the molecule is COC(=O)C(NC(=O)C(CC(C)C)NC(=O)C1CCCN1)C(C)C. The van der Waals surface area contributed by atoms with Crippen molar-refractivity contribution in [2.45, 2.75) is 65.1 Å². The van der Waals surface area contributed by atoms with E-state index in [-0.39, 0.29) is 29.7 Å². The van der Waals surface area contributed by atoms with Gasteiger partial charge >= 0.3 is 5.97 Å². The Kier molecular flexibility index (Phi) is 8.18. The zero-order valence-electron chi connectivity index (χ0n) is 15.3. The summed E-state index contributed by atoms with van der Waals surface area (Å²) in [5.41, 5.74) is 0. The Hall–Kier alpha value is -1.63. The van der Waals surface area contributed by atoms with Crippen LogP contribution in [-0.4, -0.2) is 49.6 Å². The highest BCUT2D eigenvalue weighted by Crippen LogP contribution is 2.10. The topological polar surface area (TPSA) is 96.5 Å². The van der Waals surface area contributed by atoms with Crippen molar-refractivity contribution >= 4 is 17.8 Å². The summed E-state index contributed by atoms with van der Waals surface area (Å²) < 4.78 is 4.75. The third-order valence-electron chi connectivity index (χ3n) is 4.14. The van der Waals surface area contributed by atoms with E-state index < -0.39 is 18.1 Å². The van der Waals surface area contributed by atoms with Gasteiger partial charge in [-0.05, 0) is 37.6 Å². The lowest BCUT2D eigenvalue weighted by molar-refractivity contribution is -0.146. The maximum absolute atomic E-state index is 12.6. The highest BCUT2D eigenvalue weighted by Gasteiger charge is 2.31. The molecule has 1 saturated heterocycles. The molecule has 1 heterocycles. The second kappa shape index (κ2) is 9.61. The fourth-order valence-electron chi connectivity index (χ4n) is 2.76. The summed E-state index contributed by atoms with van der Waals surface area (Å²) in [4.78, 5) is 36.7. The Balaban J connectivity index is 2.75. The lowest BCUT2D eigenvalue weighted by Gasteiger charge is -2.26. The van der Waals surface area contributed by atoms with E-state index >= 15 is 0 Å². The molecule has 24 heavy (non-hydrogen) atoms. The molecule has 2 amide bonds. The molecule has 3 atom stereocenters. The van der Waals surface area contributed by atoms with Crippen LogP contribution < -0.4 is 16.0 Å². The highest BCUT2D eigenvalue weighted by molar-refractivity contribution is 5.92. The molecule has 3 unspecified atom stereocenters. The Morgan fingerprint density at radius 2 is 1.83 bits per heavy atom. The lowest BCUT2D eigenvalue weighted by Crippen LogP contribution is -2.55. The Morgan fingerprint density at radius 3 is 2.29 bits per heavy atom. The van der Waals surface area contributed by atoms with E-state index in [9.17, 15) is 14.4 Å². The van der Waals surface area contributed by atoms with Crippen molar-refractivity contribution in [2.75, 3.05) is 13.7 Å². The predicted molar refractivity (Wildman–Crippen MR) is 91.2 cm³/mol. The maximum Gasteiger partial charge on any atom is 0.328 e. The van der Waals surface area contributed by atoms with Crippen LogP contribution in [-0.2, 0) is 19.1 Å². The van der Waals surface area contributed by atoms with Gasteiger partial charge in [0.15, 0.2) is 0 Å². The number of ether oxygens (including phenoxy) is 1. The molecule has 138 valence electrons. The largest absolute Gasteiger partial charge is 0.467 e. The first-order valence-electron chi connectivity index (χ1n) is 8.68. The van der Waals surface area contributed by atoms with Crippen LogP contribution in [0.15, 0.2) is 0 Å². The maximum atomic E-state index is 12.6. The summed E-state index contributed by atoms with van der Waals surface area (Å²) >= 11 is 0. The van der Waals surface area contributed by atoms with E-state index in [0.29, 0.717) is 6.42 Å². The van der Waals surface area contributed by atoms with Crippen LogP contribution >= 0.6 is 0 Å². The number of hydrogen-bond acceptors (Lipinski definition) is 5. The number of carbonyl (C=O) groups excluding carboxylic acids is 3. The quantitative estimate of drug-likeness (QED) is 0.561. The van der Waals surface area contributed by atoms with Crippen LogP contribution in [0.2, 0.25) is 0 Å². The minimum absolute atomic E-state index is 0.103. The van der Waals surface area contributed by atoms with Gasteiger partial charge in [0.25, 0.3) is 0 Å². The van der Waals surface area contributed by atoms with Gasteiger partial charge in [0.1, 0.15) is 12.1 Å². The molecule has 0 saturated carbocycles. The normalized spacial score (nSPS) is 19.9. The molecule has 3 N–H and O–H groups in total. The Labute approximate surface area is 144 Å². The van der Waals surface area contributed by atoms with Gasteiger partial charge in [0, 0.05) is 0 Å². The highest BCUT2D eigenvalue weighted by atomic mass is 16.5. The summed E-state index contributed by atoms with van der Waals surface area (Å²) in [7, 11) is 1.29. The molecule has 0 spiro atoms. The molecule has 7 nitrogen and oxygen atoms in total. The average molecular weight is 341 g/mol. The number of amides is 2. The van der Waals surface area contributed by atoms with Crippen LogP contribution in [0, 0.1) is 11.8 Å². The molecule has 0 bridgehead atoms. The zero-order chi connectivity index (χ0) is 18.3. The van der Waals surface area contributed by atoms with E-state index in [1.54, 1.807) is 0 Å². The van der Waals surface area contributed by atoms with Crippen molar-refractivity contribution in [2.24, 2.45) is 11.8 Å². The third kappa shape index (κ3) is 6.11. The van der Waals surface area contributed by atoms with Gasteiger partial charge in [-0.2, -0.15) is 0 Å². The van der Waals surface area contributed by atoms with Crippen molar-refractivity contribution in [3.05, 3.63) is 0 Å². The number of nitrogens with one attached hydrogen (secondary N) is 3. The molecule has 0 aromatic carbocycles. The molecule has 1 fully saturated rings. The van der Waals surface area contributed by atoms with Crippen molar-refractivity contribution in [3.8, 4) is 0 Å². The van der Waals surface area contributed by atoms with E-state index in [4.69, 9.17) is 4.74 Å². The van der Waals surface area contributed by atoms with Crippen molar-refractivity contribution in [1.82, 2.24) is 16.0 Å². The Morgan fingerprint density at radius 1 is 1.17 bits per heavy atom. The molecule has 0 aromatic heterocycles. The monoisotopic (exact) mass is 341 g/mol. The molecule has 7 heteroatoms. The van der Waals surface area contributed by atoms with Crippen LogP contribution in [0.25, 0.3) is 0 Å². The average Bonchev–Trinajstić information content (AvgIpc) is 3.04. The molecule has 0 aliphatic carbocycles. The molecule has 0 radical (unpaired) electrons. The molecular weight excluding hydrogens is 310 g/mol. The van der Waals surface area contributed by atoms with Gasteiger partial charge in [-0.3, -0.25) is 9.59 Å². The van der Waals surface area contributed by atoms with Gasteiger partial charge in [0.05, 0.1) is 13.2 Å². The number of esters is 1. The predicted octanol–water partition coefficient (Wildman–Crippen LogP) is 0.583. The second-order valence-electron chi connectivity index (χ2n) is 7.09. The third-order valence-corrected chi connectivity index (χ3v) is 4.14. The van der Waals surface area contributed by atoms with Gasteiger partial charge in [0.2, 0.25) is 11.8 Å². The first-order valence-corrected chi connectivity index (χ1v) is 8.68. The fourth-order valence-corrected chi connectivity index (χ4v) is 2.76. The van der Waals surface area contributed by atoms with Crippen LogP contribution in [0.1, 0.15) is 47.0 Å². The number of methoxy groups -OCH3 is 1. The van der Waals surface area contributed by atoms with Crippen molar-refractivity contribution < 1.29 is 19.1 Å². The molecular formula is C17H31N3O4. The first-order chi connectivity index (χ1) is 11.3. The second-order valence-corrected chi connectivity index (χ2v) is 7.09. The van der Waals surface area contributed by atoms with E-state index in [2.05, 4.69) is 16.0 Å². The summed E-state index contributed by atoms with van der Waals surface area (Å²) in [5, 5.41) is 8.67.